The van der Waals surface area contributed by atoms with Crippen molar-refractivity contribution in [3.63, 3.8) is 0 Å². The minimum atomic E-state index is -0.877. The summed E-state index contributed by atoms with van der Waals surface area (Å²) in [6, 6.07) is 13.4. The molecule has 5 nitrogen and oxygen atoms in total. The zero-order chi connectivity index (χ0) is 20.6. The molecule has 4 rings (SSSR count). The molecule has 1 spiro atoms. The van der Waals surface area contributed by atoms with Crippen LogP contribution in [-0.4, -0.2) is 27.7 Å². The van der Waals surface area contributed by atoms with Gasteiger partial charge in [0.15, 0.2) is 0 Å². The highest BCUT2D eigenvalue weighted by Gasteiger charge is 2.55. The van der Waals surface area contributed by atoms with Crippen LogP contribution in [0.15, 0.2) is 46.9 Å². The molecule has 6 heteroatoms. The number of benzene rings is 2. The third kappa shape index (κ3) is 3.90. The molecule has 2 aromatic rings. The van der Waals surface area contributed by atoms with Crippen LogP contribution in [0.25, 0.3) is 0 Å². The van der Waals surface area contributed by atoms with Crippen molar-refractivity contribution in [2.75, 3.05) is 0 Å². The molecule has 0 bridgehead atoms. The largest absolute Gasteiger partial charge is 0.431 e. The number of carbonyl (C=O) groups is 2. The summed E-state index contributed by atoms with van der Waals surface area (Å²) in [6.45, 7) is 4.38. The fourth-order valence-corrected chi connectivity index (χ4v) is 4.72. The summed E-state index contributed by atoms with van der Waals surface area (Å²) in [6.07, 6.45) is 3.87. The number of nitrogens with zero attached hydrogens (tertiary/aromatic N) is 2. The Morgan fingerprint density at radius 1 is 1.03 bits per heavy atom. The number of hydrogen-bond acceptors (Lipinski definition) is 3. The number of amides is 2. The van der Waals surface area contributed by atoms with Gasteiger partial charge in [-0.15, -0.1) is 0 Å². The summed E-state index contributed by atoms with van der Waals surface area (Å²) in [5.41, 5.74) is 2.91. The van der Waals surface area contributed by atoms with E-state index in [4.69, 9.17) is 4.74 Å². The second kappa shape index (κ2) is 7.82. The first-order valence-electron chi connectivity index (χ1n) is 10.1. The Kier molecular flexibility index (Phi) is 5.38. The van der Waals surface area contributed by atoms with E-state index in [1.165, 1.54) is 5.01 Å². The number of halogens is 1. The normalized spacial score (nSPS) is 18.2. The Hall–Kier alpha value is -2.34. The monoisotopic (exact) mass is 456 g/mol. The third-order valence-electron chi connectivity index (χ3n) is 5.65. The fourth-order valence-electron chi connectivity index (χ4n) is 4.46. The van der Waals surface area contributed by atoms with E-state index in [9.17, 15) is 9.59 Å². The van der Waals surface area contributed by atoms with Gasteiger partial charge in [-0.3, -0.25) is 4.79 Å². The molecule has 0 radical (unpaired) electrons. The van der Waals surface area contributed by atoms with Crippen molar-refractivity contribution in [3.8, 4) is 0 Å². The van der Waals surface area contributed by atoms with Gasteiger partial charge < -0.3 is 4.74 Å². The molecule has 2 amide bonds. The maximum absolute atomic E-state index is 13.5. The lowest BCUT2D eigenvalue weighted by Crippen LogP contribution is -2.54. The van der Waals surface area contributed by atoms with Crippen molar-refractivity contribution in [1.29, 1.82) is 0 Å². The first-order valence-corrected chi connectivity index (χ1v) is 10.8. The number of carbonyl (C=O) groups excluding carboxylic acids is 2. The van der Waals surface area contributed by atoms with Crippen molar-refractivity contribution >= 4 is 27.9 Å². The average molecular weight is 457 g/mol. The molecule has 1 saturated carbocycles. The SMILES string of the molecule is Cc1cc(C)cc(CN2C(=O)OC3(CCCCC3)N2C(=O)c2ccc(Br)cc2)c1. The zero-order valence-corrected chi connectivity index (χ0v) is 18.4. The number of hydrazine groups is 1. The molecule has 1 aliphatic carbocycles. The van der Waals surface area contributed by atoms with Gasteiger partial charge in [0.25, 0.3) is 5.91 Å². The maximum Gasteiger partial charge on any atom is 0.431 e. The van der Waals surface area contributed by atoms with Crippen LogP contribution in [0, 0.1) is 13.8 Å². The van der Waals surface area contributed by atoms with E-state index in [1.807, 2.05) is 26.0 Å². The number of hydrogen-bond donors (Lipinski definition) is 0. The molecule has 152 valence electrons. The van der Waals surface area contributed by atoms with E-state index in [0.29, 0.717) is 24.9 Å². The quantitative estimate of drug-likeness (QED) is 0.591. The van der Waals surface area contributed by atoms with Crippen molar-refractivity contribution in [3.05, 3.63) is 69.2 Å². The molecule has 2 aromatic carbocycles. The van der Waals surface area contributed by atoms with Gasteiger partial charge in [-0.2, -0.15) is 0 Å². The van der Waals surface area contributed by atoms with Gasteiger partial charge in [0, 0.05) is 22.9 Å². The van der Waals surface area contributed by atoms with Crippen molar-refractivity contribution in [2.24, 2.45) is 0 Å². The summed E-state index contributed by atoms with van der Waals surface area (Å²) in [5.74, 6) is -0.199. The first kappa shape index (κ1) is 20.0. The summed E-state index contributed by atoms with van der Waals surface area (Å²) >= 11 is 3.41. The predicted octanol–water partition coefficient (Wildman–Crippen LogP) is 5.74. The molecule has 0 atom stereocenters. The summed E-state index contributed by atoms with van der Waals surface area (Å²) < 4.78 is 6.80. The Bertz CT molecular complexity index is 915. The van der Waals surface area contributed by atoms with E-state index in [1.54, 1.807) is 17.1 Å². The lowest BCUT2D eigenvalue weighted by Gasteiger charge is -2.40. The molecule has 2 aliphatic rings. The molecule has 1 aliphatic heterocycles. The summed E-state index contributed by atoms with van der Waals surface area (Å²) in [5, 5.41) is 3.08. The molecule has 0 N–H and O–H groups in total. The lowest BCUT2D eigenvalue weighted by atomic mass is 9.90. The van der Waals surface area contributed by atoms with Crippen molar-refractivity contribution < 1.29 is 14.3 Å². The van der Waals surface area contributed by atoms with Crippen LogP contribution < -0.4 is 0 Å². The Labute approximate surface area is 179 Å². The van der Waals surface area contributed by atoms with Crippen LogP contribution in [0.3, 0.4) is 0 Å². The second-order valence-electron chi connectivity index (χ2n) is 8.05. The molecule has 0 unspecified atom stereocenters. The van der Waals surface area contributed by atoms with Gasteiger partial charge in [0.05, 0.1) is 6.54 Å². The Morgan fingerprint density at radius 2 is 1.66 bits per heavy atom. The minimum absolute atomic E-state index is 0.199. The molecular weight excluding hydrogens is 432 g/mol. The third-order valence-corrected chi connectivity index (χ3v) is 6.18. The highest BCUT2D eigenvalue weighted by atomic mass is 79.9. The van der Waals surface area contributed by atoms with Crippen LogP contribution >= 0.6 is 15.9 Å². The lowest BCUT2D eigenvalue weighted by molar-refractivity contribution is -0.106. The number of aryl methyl sites for hydroxylation is 2. The standard InChI is InChI=1S/C23H25BrN2O3/c1-16-12-17(2)14-18(13-16)15-25-22(28)29-23(10-4-3-5-11-23)26(25)21(27)19-6-8-20(24)9-7-19/h6-9,12-14H,3-5,10-11,15H2,1-2H3. The van der Waals surface area contributed by atoms with Gasteiger partial charge in [-0.05, 0) is 56.5 Å². The number of rotatable bonds is 3. The first-order chi connectivity index (χ1) is 13.9. The molecule has 1 heterocycles. The summed E-state index contributed by atoms with van der Waals surface area (Å²) in [7, 11) is 0. The van der Waals surface area contributed by atoms with E-state index in [-0.39, 0.29) is 5.91 Å². The smallest absolute Gasteiger partial charge is 0.419 e. The van der Waals surface area contributed by atoms with Gasteiger partial charge in [-0.25, -0.2) is 14.8 Å². The van der Waals surface area contributed by atoms with Crippen LogP contribution in [0.5, 0.6) is 0 Å². The average Bonchev–Trinajstić information content (AvgIpc) is 2.92. The van der Waals surface area contributed by atoms with E-state index >= 15 is 0 Å². The van der Waals surface area contributed by atoms with Crippen molar-refractivity contribution in [2.45, 2.75) is 58.2 Å². The highest BCUT2D eigenvalue weighted by molar-refractivity contribution is 9.10. The van der Waals surface area contributed by atoms with Crippen LogP contribution in [-0.2, 0) is 11.3 Å². The molecular formula is C23H25BrN2O3. The topological polar surface area (TPSA) is 49.9 Å². The Balaban J connectivity index is 1.72. The number of ether oxygens (including phenoxy) is 1. The van der Waals surface area contributed by atoms with Gasteiger partial charge >= 0.3 is 6.09 Å². The molecule has 0 aromatic heterocycles. The molecule has 2 fully saturated rings. The minimum Gasteiger partial charge on any atom is -0.419 e. The maximum atomic E-state index is 13.5. The van der Waals surface area contributed by atoms with E-state index in [0.717, 1.165) is 40.4 Å². The van der Waals surface area contributed by atoms with Gasteiger partial charge in [0.1, 0.15) is 0 Å². The van der Waals surface area contributed by atoms with Crippen LogP contribution in [0.4, 0.5) is 4.79 Å². The Morgan fingerprint density at radius 3 is 2.28 bits per heavy atom. The van der Waals surface area contributed by atoms with E-state index in [2.05, 4.69) is 34.1 Å². The van der Waals surface area contributed by atoms with Crippen LogP contribution in [0.2, 0.25) is 0 Å². The van der Waals surface area contributed by atoms with Gasteiger partial charge in [0.2, 0.25) is 5.72 Å². The van der Waals surface area contributed by atoms with Crippen LogP contribution in [0.1, 0.15) is 59.2 Å². The van der Waals surface area contributed by atoms with E-state index < -0.39 is 11.8 Å². The predicted molar refractivity (Wildman–Crippen MR) is 114 cm³/mol. The zero-order valence-electron chi connectivity index (χ0n) is 16.8. The highest BCUT2D eigenvalue weighted by Crippen LogP contribution is 2.42. The molecule has 1 saturated heterocycles. The fraction of sp³-hybridized carbons (Fsp3) is 0.391. The van der Waals surface area contributed by atoms with Crippen molar-refractivity contribution in [1.82, 2.24) is 10.0 Å². The second-order valence-corrected chi connectivity index (χ2v) is 8.97. The van der Waals surface area contributed by atoms with Gasteiger partial charge in [-0.1, -0.05) is 51.7 Å². The summed E-state index contributed by atoms with van der Waals surface area (Å²) in [4.78, 5) is 26.5. The molecule has 29 heavy (non-hydrogen) atoms.